The Morgan fingerprint density at radius 1 is 0.508 bits per heavy atom. The van der Waals surface area contributed by atoms with E-state index in [1.807, 2.05) is 0 Å². The number of aliphatic hydroxyl groups excluding tert-OH is 1. The van der Waals surface area contributed by atoms with Crippen LogP contribution < -0.4 is 5.32 Å². The van der Waals surface area contributed by atoms with E-state index in [2.05, 4.69) is 116 Å². The molecule has 0 saturated heterocycles. The topological polar surface area (TPSA) is 131 Å². The molecule has 0 aromatic rings. The monoisotopic (exact) mass is 872 g/mol. The van der Waals surface area contributed by atoms with Crippen molar-refractivity contribution in [1.29, 1.82) is 0 Å². The van der Waals surface area contributed by atoms with Gasteiger partial charge in [0.1, 0.15) is 12.7 Å². The zero-order chi connectivity index (χ0) is 44.6. The summed E-state index contributed by atoms with van der Waals surface area (Å²) in [6.07, 6.45) is 60.5. The molecule has 0 aliphatic carbocycles. The number of allylic oxidation sites excluding steroid dienone is 16. The Kier molecular flexibility index (Phi) is 44.1. The average Bonchev–Trinajstić information content (AvgIpc) is 3.25. The first-order valence-electron chi connectivity index (χ1n) is 23.7. The SMILES string of the molecule is CC/C=C\C/C=C\C/C=C\C/C=C\C/C=C\CCCCCCCCCC(=O)OCC(O)COP(=O)(O)OCCNC(=O)CCCCCCCCC/C=C\C/C=C\C/C=C\CC. The van der Waals surface area contributed by atoms with E-state index in [9.17, 15) is 24.2 Å². The molecule has 0 aliphatic heterocycles. The highest BCUT2D eigenvalue weighted by Crippen LogP contribution is 2.42. The Bertz CT molecular complexity index is 1320. The third-order valence-corrected chi connectivity index (χ3v) is 10.5. The highest BCUT2D eigenvalue weighted by Gasteiger charge is 2.23. The summed E-state index contributed by atoms with van der Waals surface area (Å²) in [4.78, 5) is 34.0. The molecular formula is C51H86NO8P. The van der Waals surface area contributed by atoms with E-state index in [1.54, 1.807) is 0 Å². The number of aliphatic hydroxyl groups is 1. The van der Waals surface area contributed by atoms with Crippen LogP contribution in [0.15, 0.2) is 97.2 Å². The number of phosphoric acid groups is 1. The number of phosphoric ester groups is 1. The molecule has 0 aliphatic rings. The summed E-state index contributed by atoms with van der Waals surface area (Å²) in [6, 6.07) is 0. The second-order valence-electron chi connectivity index (χ2n) is 15.3. The van der Waals surface area contributed by atoms with E-state index < -0.39 is 26.5 Å². The lowest BCUT2D eigenvalue weighted by Crippen LogP contribution is -2.27. The Hall–Kier alpha value is -3.07. The van der Waals surface area contributed by atoms with Crippen molar-refractivity contribution in [3.8, 4) is 0 Å². The van der Waals surface area contributed by atoms with Gasteiger partial charge >= 0.3 is 13.8 Å². The summed E-state index contributed by atoms with van der Waals surface area (Å²) >= 11 is 0. The molecule has 3 N–H and O–H groups in total. The van der Waals surface area contributed by atoms with Crippen LogP contribution in [0.3, 0.4) is 0 Å². The van der Waals surface area contributed by atoms with Crippen molar-refractivity contribution in [2.75, 3.05) is 26.4 Å². The minimum absolute atomic E-state index is 0.0692. The Balaban J connectivity index is 3.64. The summed E-state index contributed by atoms with van der Waals surface area (Å²) in [7, 11) is -4.43. The van der Waals surface area contributed by atoms with Gasteiger partial charge in [-0.2, -0.15) is 0 Å². The second kappa shape index (κ2) is 46.4. The molecule has 348 valence electrons. The van der Waals surface area contributed by atoms with E-state index in [1.165, 1.54) is 44.9 Å². The van der Waals surface area contributed by atoms with Crippen molar-refractivity contribution in [2.24, 2.45) is 0 Å². The number of nitrogens with one attached hydrogen (secondary N) is 1. The van der Waals surface area contributed by atoms with Gasteiger partial charge in [-0.05, 0) is 89.9 Å². The van der Waals surface area contributed by atoms with Gasteiger partial charge in [-0.15, -0.1) is 0 Å². The Morgan fingerprint density at radius 2 is 0.885 bits per heavy atom. The number of hydrogen-bond acceptors (Lipinski definition) is 7. The summed E-state index contributed by atoms with van der Waals surface area (Å²) in [5.41, 5.74) is 0. The standard InChI is InChI=1S/C51H86NO8P/c1-3-5-7-9-11-13-15-17-19-21-22-23-24-25-26-28-30-32-34-36-38-40-42-44-51(55)58-47-49(53)48-60-61(56,57)59-46-45-52-50(54)43-41-39-37-35-33-31-29-27-20-18-16-14-12-10-8-6-4-2/h5-8,11-14,17-20,22-23,25-26,49,53H,3-4,9-10,15-16,21,24,27-48H2,1-2H3,(H,52,54)(H,56,57)/b7-5-,8-6-,13-11-,14-12-,19-17-,20-18-,23-22-,26-25-. The molecule has 10 heteroatoms. The van der Waals surface area contributed by atoms with Crippen molar-refractivity contribution in [3.63, 3.8) is 0 Å². The first kappa shape index (κ1) is 57.9. The van der Waals surface area contributed by atoms with Crippen molar-refractivity contribution in [2.45, 2.75) is 187 Å². The molecular weight excluding hydrogens is 786 g/mol. The van der Waals surface area contributed by atoms with Crippen LogP contribution in [0.25, 0.3) is 0 Å². The van der Waals surface area contributed by atoms with Gasteiger partial charge in [-0.1, -0.05) is 175 Å². The zero-order valence-corrected chi connectivity index (χ0v) is 39.2. The molecule has 0 heterocycles. The fraction of sp³-hybridized carbons (Fsp3) is 0.647. The largest absolute Gasteiger partial charge is 0.472 e. The lowest BCUT2D eigenvalue weighted by molar-refractivity contribution is -0.147. The lowest BCUT2D eigenvalue weighted by atomic mass is 10.1. The van der Waals surface area contributed by atoms with Crippen LogP contribution in [0.2, 0.25) is 0 Å². The Labute approximate surface area is 372 Å². The van der Waals surface area contributed by atoms with Crippen molar-refractivity contribution in [3.05, 3.63) is 97.2 Å². The molecule has 9 nitrogen and oxygen atoms in total. The summed E-state index contributed by atoms with van der Waals surface area (Å²) < 4.78 is 26.9. The molecule has 1 amide bonds. The van der Waals surface area contributed by atoms with Crippen molar-refractivity contribution in [1.82, 2.24) is 5.32 Å². The molecule has 2 atom stereocenters. The van der Waals surface area contributed by atoms with Gasteiger partial charge in [-0.25, -0.2) is 4.57 Å². The van der Waals surface area contributed by atoms with Gasteiger partial charge in [-0.3, -0.25) is 18.6 Å². The van der Waals surface area contributed by atoms with E-state index in [4.69, 9.17) is 13.8 Å². The molecule has 0 bridgehead atoms. The minimum Gasteiger partial charge on any atom is -0.463 e. The molecule has 0 spiro atoms. The van der Waals surface area contributed by atoms with Gasteiger partial charge in [0.05, 0.1) is 13.2 Å². The number of amides is 1. The molecule has 0 aromatic heterocycles. The van der Waals surface area contributed by atoms with Gasteiger partial charge in [0, 0.05) is 19.4 Å². The number of esters is 1. The van der Waals surface area contributed by atoms with E-state index in [-0.39, 0.29) is 32.1 Å². The van der Waals surface area contributed by atoms with Gasteiger partial charge in [0.2, 0.25) is 5.91 Å². The molecule has 0 fully saturated rings. The van der Waals surface area contributed by atoms with Crippen LogP contribution in [0, 0.1) is 0 Å². The minimum atomic E-state index is -4.43. The third kappa shape index (κ3) is 47.8. The van der Waals surface area contributed by atoms with Crippen molar-refractivity contribution >= 4 is 19.7 Å². The maximum Gasteiger partial charge on any atom is 0.472 e. The number of hydrogen-bond donors (Lipinski definition) is 3. The highest BCUT2D eigenvalue weighted by molar-refractivity contribution is 7.47. The zero-order valence-electron chi connectivity index (χ0n) is 38.3. The van der Waals surface area contributed by atoms with Crippen LogP contribution in [-0.4, -0.2) is 54.3 Å². The van der Waals surface area contributed by atoms with Crippen LogP contribution >= 0.6 is 7.82 Å². The third-order valence-electron chi connectivity index (χ3n) is 9.51. The summed E-state index contributed by atoms with van der Waals surface area (Å²) in [5, 5.41) is 12.7. The molecule has 0 rings (SSSR count). The Morgan fingerprint density at radius 3 is 1.33 bits per heavy atom. The summed E-state index contributed by atoms with van der Waals surface area (Å²) in [6.45, 7) is 3.29. The molecule has 61 heavy (non-hydrogen) atoms. The molecule has 0 radical (unpaired) electrons. The second-order valence-corrected chi connectivity index (χ2v) is 16.8. The van der Waals surface area contributed by atoms with Gasteiger partial charge in [0.25, 0.3) is 0 Å². The first-order valence-corrected chi connectivity index (χ1v) is 25.2. The molecule has 0 saturated carbocycles. The van der Waals surface area contributed by atoms with E-state index in [0.29, 0.717) is 6.42 Å². The maximum atomic E-state index is 12.1. The molecule has 0 aromatic carbocycles. The fourth-order valence-corrected chi connectivity index (χ4v) is 6.77. The normalized spacial score (nSPS) is 14.1. The smallest absolute Gasteiger partial charge is 0.463 e. The van der Waals surface area contributed by atoms with Crippen LogP contribution in [-0.2, 0) is 27.9 Å². The first-order chi connectivity index (χ1) is 29.8. The average molecular weight is 872 g/mol. The van der Waals surface area contributed by atoms with Gasteiger partial charge < -0.3 is 20.1 Å². The maximum absolute atomic E-state index is 12.1. The van der Waals surface area contributed by atoms with Gasteiger partial charge in [0.15, 0.2) is 0 Å². The van der Waals surface area contributed by atoms with Crippen LogP contribution in [0.5, 0.6) is 0 Å². The van der Waals surface area contributed by atoms with E-state index in [0.717, 1.165) is 109 Å². The molecule has 2 unspecified atom stereocenters. The predicted octanol–water partition coefficient (Wildman–Crippen LogP) is 13.8. The predicted molar refractivity (Wildman–Crippen MR) is 256 cm³/mol. The van der Waals surface area contributed by atoms with Crippen LogP contribution in [0.1, 0.15) is 181 Å². The number of unbranched alkanes of at least 4 members (excludes halogenated alkanes) is 14. The fourth-order valence-electron chi connectivity index (χ4n) is 6.01. The summed E-state index contributed by atoms with van der Waals surface area (Å²) in [5.74, 6) is -0.544. The number of ether oxygens (including phenoxy) is 1. The number of rotatable bonds is 43. The number of carbonyl (C=O) groups excluding carboxylic acids is 2. The van der Waals surface area contributed by atoms with Crippen LogP contribution in [0.4, 0.5) is 0 Å². The van der Waals surface area contributed by atoms with Crippen molar-refractivity contribution < 1.29 is 37.9 Å². The quantitative estimate of drug-likeness (QED) is 0.0239. The lowest BCUT2D eigenvalue weighted by Gasteiger charge is -2.15. The number of carbonyl (C=O) groups is 2. The van der Waals surface area contributed by atoms with E-state index >= 15 is 0 Å². The highest BCUT2D eigenvalue weighted by atomic mass is 31.2.